The molecule has 0 unspecified atom stereocenters. The molecular formula is C19H25N5O4. The molecule has 3 heterocycles. The van der Waals surface area contributed by atoms with Gasteiger partial charge in [0, 0.05) is 57.1 Å². The second kappa shape index (κ2) is 7.75. The number of benzene rings is 1. The van der Waals surface area contributed by atoms with Gasteiger partial charge in [-0.1, -0.05) is 0 Å². The molecule has 0 spiro atoms. The smallest absolute Gasteiger partial charge is 0.327 e. The van der Waals surface area contributed by atoms with Crippen LogP contribution in [0.1, 0.15) is 19.3 Å². The number of anilines is 1. The van der Waals surface area contributed by atoms with Crippen LogP contribution in [0.25, 0.3) is 0 Å². The summed E-state index contributed by atoms with van der Waals surface area (Å²) in [7, 11) is 0. The van der Waals surface area contributed by atoms with Gasteiger partial charge in [-0.05, 0) is 37.9 Å². The minimum Gasteiger partial charge on any atom is -0.369 e. The van der Waals surface area contributed by atoms with Crippen LogP contribution in [0.4, 0.5) is 16.2 Å². The molecule has 3 aliphatic rings. The van der Waals surface area contributed by atoms with Gasteiger partial charge in [-0.2, -0.15) is 0 Å². The zero-order valence-electron chi connectivity index (χ0n) is 15.8. The lowest BCUT2D eigenvalue weighted by Gasteiger charge is -2.36. The van der Waals surface area contributed by atoms with Crippen molar-refractivity contribution in [3.05, 3.63) is 34.4 Å². The Morgan fingerprint density at radius 3 is 2.36 bits per heavy atom. The standard InChI is InChI=1S/C19H25N5O4/c25-18-17-3-1-9-22(17)19(26)23(18)10-2-8-20-11-13-21(14-12-20)15-4-6-16(7-5-15)24(27)28/h4-7,17H,1-3,8-14H2/t17-/m0/s1. The molecule has 9 heteroatoms. The molecular weight excluding hydrogens is 362 g/mol. The molecule has 4 rings (SSSR count). The molecule has 9 nitrogen and oxygen atoms in total. The van der Waals surface area contributed by atoms with Gasteiger partial charge in [-0.3, -0.25) is 24.7 Å². The average Bonchev–Trinajstić information content (AvgIpc) is 3.28. The van der Waals surface area contributed by atoms with E-state index in [9.17, 15) is 19.7 Å². The number of nitro groups is 1. The first-order valence-electron chi connectivity index (χ1n) is 9.88. The molecule has 0 aromatic heterocycles. The first-order chi connectivity index (χ1) is 13.5. The van der Waals surface area contributed by atoms with Crippen LogP contribution < -0.4 is 4.90 Å². The maximum absolute atomic E-state index is 12.3. The van der Waals surface area contributed by atoms with Gasteiger partial charge in [0.05, 0.1) is 4.92 Å². The number of imide groups is 1. The number of rotatable bonds is 6. The lowest BCUT2D eigenvalue weighted by Crippen LogP contribution is -2.47. The number of nitrogens with zero attached hydrogens (tertiary/aromatic N) is 5. The first kappa shape index (κ1) is 18.7. The number of piperazine rings is 1. The van der Waals surface area contributed by atoms with Crippen molar-refractivity contribution in [2.75, 3.05) is 50.7 Å². The summed E-state index contributed by atoms with van der Waals surface area (Å²) in [5.41, 5.74) is 1.10. The zero-order valence-corrected chi connectivity index (χ0v) is 15.8. The molecule has 0 N–H and O–H groups in total. The highest BCUT2D eigenvalue weighted by Gasteiger charge is 2.46. The van der Waals surface area contributed by atoms with E-state index in [4.69, 9.17) is 0 Å². The normalized spacial score (nSPS) is 22.9. The molecule has 1 atom stereocenters. The molecule has 0 aliphatic carbocycles. The van der Waals surface area contributed by atoms with Crippen LogP contribution in [0, 0.1) is 10.1 Å². The number of amides is 3. The fourth-order valence-corrected chi connectivity index (χ4v) is 4.35. The van der Waals surface area contributed by atoms with Crippen molar-refractivity contribution in [2.24, 2.45) is 0 Å². The summed E-state index contributed by atoms with van der Waals surface area (Å²) >= 11 is 0. The Morgan fingerprint density at radius 1 is 1.00 bits per heavy atom. The average molecular weight is 387 g/mol. The van der Waals surface area contributed by atoms with Crippen molar-refractivity contribution in [3.63, 3.8) is 0 Å². The third kappa shape index (κ3) is 3.54. The van der Waals surface area contributed by atoms with Gasteiger partial charge in [0.15, 0.2) is 0 Å². The number of non-ortho nitro benzene ring substituents is 1. The fourth-order valence-electron chi connectivity index (χ4n) is 4.35. The largest absolute Gasteiger partial charge is 0.369 e. The number of urea groups is 1. The fraction of sp³-hybridized carbons (Fsp3) is 0.579. The Labute approximate surface area is 163 Å². The van der Waals surface area contributed by atoms with Crippen molar-refractivity contribution in [3.8, 4) is 0 Å². The third-order valence-electron chi connectivity index (χ3n) is 5.93. The van der Waals surface area contributed by atoms with E-state index in [0.29, 0.717) is 13.1 Å². The maximum atomic E-state index is 12.3. The van der Waals surface area contributed by atoms with Crippen LogP contribution in [-0.2, 0) is 4.79 Å². The lowest BCUT2D eigenvalue weighted by atomic mass is 10.2. The van der Waals surface area contributed by atoms with Crippen LogP contribution >= 0.6 is 0 Å². The SMILES string of the molecule is O=C1[C@@H]2CCCN2C(=O)N1CCCN1CCN(c2ccc([N+](=O)[O-])cc2)CC1. The number of carbonyl (C=O) groups excluding carboxylic acids is 2. The number of carbonyl (C=O) groups is 2. The summed E-state index contributed by atoms with van der Waals surface area (Å²) in [6.07, 6.45) is 2.51. The lowest BCUT2D eigenvalue weighted by molar-refractivity contribution is -0.384. The van der Waals surface area contributed by atoms with E-state index in [2.05, 4.69) is 9.80 Å². The summed E-state index contributed by atoms with van der Waals surface area (Å²) in [5, 5.41) is 10.8. The Kier molecular flexibility index (Phi) is 5.17. The van der Waals surface area contributed by atoms with Crippen LogP contribution in [0.15, 0.2) is 24.3 Å². The van der Waals surface area contributed by atoms with E-state index in [1.54, 1.807) is 17.0 Å². The van der Waals surface area contributed by atoms with Gasteiger partial charge in [0.25, 0.3) is 11.6 Å². The van der Waals surface area contributed by atoms with Gasteiger partial charge in [-0.25, -0.2) is 4.79 Å². The van der Waals surface area contributed by atoms with Gasteiger partial charge < -0.3 is 9.80 Å². The zero-order chi connectivity index (χ0) is 19.7. The molecule has 0 saturated carbocycles. The van der Waals surface area contributed by atoms with E-state index in [-0.39, 0.29) is 28.6 Å². The quantitative estimate of drug-likeness (QED) is 0.418. The highest BCUT2D eigenvalue weighted by atomic mass is 16.6. The molecule has 28 heavy (non-hydrogen) atoms. The van der Waals surface area contributed by atoms with Gasteiger partial charge in [0.1, 0.15) is 6.04 Å². The predicted molar refractivity (Wildman–Crippen MR) is 103 cm³/mol. The highest BCUT2D eigenvalue weighted by molar-refractivity contribution is 6.04. The molecule has 0 radical (unpaired) electrons. The van der Waals surface area contributed by atoms with E-state index < -0.39 is 0 Å². The summed E-state index contributed by atoms with van der Waals surface area (Å²) in [6.45, 7) is 5.56. The van der Waals surface area contributed by atoms with Crippen LogP contribution in [0.5, 0.6) is 0 Å². The Balaban J connectivity index is 1.21. The topological polar surface area (TPSA) is 90.2 Å². The molecule has 1 aromatic carbocycles. The van der Waals surface area contributed by atoms with Gasteiger partial charge in [0.2, 0.25) is 0 Å². The minimum atomic E-state index is -0.387. The van der Waals surface area contributed by atoms with Crippen molar-refractivity contribution in [2.45, 2.75) is 25.3 Å². The third-order valence-corrected chi connectivity index (χ3v) is 5.93. The van der Waals surface area contributed by atoms with Crippen molar-refractivity contribution in [1.82, 2.24) is 14.7 Å². The maximum Gasteiger partial charge on any atom is 0.327 e. The van der Waals surface area contributed by atoms with E-state index >= 15 is 0 Å². The van der Waals surface area contributed by atoms with Gasteiger partial charge in [-0.15, -0.1) is 0 Å². The van der Waals surface area contributed by atoms with E-state index in [1.807, 2.05) is 0 Å². The summed E-state index contributed by atoms with van der Waals surface area (Å²) in [5.74, 6) is -0.0227. The van der Waals surface area contributed by atoms with Crippen LogP contribution in [0.2, 0.25) is 0 Å². The summed E-state index contributed by atoms with van der Waals surface area (Å²) < 4.78 is 0. The Hall–Kier alpha value is -2.68. The number of hydrogen-bond acceptors (Lipinski definition) is 6. The molecule has 3 saturated heterocycles. The number of hydrogen-bond donors (Lipinski definition) is 0. The highest BCUT2D eigenvalue weighted by Crippen LogP contribution is 2.27. The summed E-state index contributed by atoms with van der Waals surface area (Å²) in [4.78, 5) is 42.7. The second-order valence-corrected chi connectivity index (χ2v) is 7.58. The first-order valence-corrected chi connectivity index (χ1v) is 9.88. The van der Waals surface area contributed by atoms with Crippen molar-refractivity contribution >= 4 is 23.3 Å². The number of fused-ring (bicyclic) bond motifs is 1. The van der Waals surface area contributed by atoms with Crippen molar-refractivity contribution in [1.29, 1.82) is 0 Å². The molecule has 150 valence electrons. The number of nitro benzene ring substituents is 1. The molecule has 3 aliphatic heterocycles. The second-order valence-electron chi connectivity index (χ2n) is 7.58. The molecule has 3 fully saturated rings. The van der Waals surface area contributed by atoms with E-state index in [1.165, 1.54) is 17.0 Å². The van der Waals surface area contributed by atoms with E-state index in [0.717, 1.165) is 57.7 Å². The monoisotopic (exact) mass is 387 g/mol. The van der Waals surface area contributed by atoms with Crippen molar-refractivity contribution < 1.29 is 14.5 Å². The Morgan fingerprint density at radius 2 is 1.71 bits per heavy atom. The van der Waals surface area contributed by atoms with Gasteiger partial charge >= 0.3 is 6.03 Å². The predicted octanol–water partition coefficient (Wildman–Crippen LogP) is 1.53. The van der Waals surface area contributed by atoms with Crippen LogP contribution in [0.3, 0.4) is 0 Å². The Bertz CT molecular complexity index is 738. The molecule has 0 bridgehead atoms. The van der Waals surface area contributed by atoms with Crippen LogP contribution in [-0.4, -0.2) is 83.4 Å². The minimum absolute atomic E-state index is 0.0227. The molecule has 1 aromatic rings. The summed E-state index contributed by atoms with van der Waals surface area (Å²) in [6, 6.07) is 6.34. The molecule has 3 amide bonds.